The summed E-state index contributed by atoms with van der Waals surface area (Å²) in [6, 6.07) is 26.8. The molecule has 0 spiro atoms. The van der Waals surface area contributed by atoms with Crippen molar-refractivity contribution in [2.45, 2.75) is 31.8 Å². The molecule has 0 saturated heterocycles. The van der Waals surface area contributed by atoms with Gasteiger partial charge in [0.05, 0.1) is 0 Å². The van der Waals surface area contributed by atoms with Crippen LogP contribution in [0, 0.1) is 0 Å². The van der Waals surface area contributed by atoms with Crippen molar-refractivity contribution in [3.63, 3.8) is 0 Å². The van der Waals surface area contributed by atoms with E-state index < -0.39 is 6.04 Å². The minimum atomic E-state index is -0.597. The number of hydrogen-bond acceptors (Lipinski definition) is 2. The lowest BCUT2D eigenvalue weighted by Crippen LogP contribution is -2.47. The smallest absolute Gasteiger partial charge is 0.242 e. The number of nitrogens with zero attached hydrogens (tertiary/aromatic N) is 1. The number of rotatable bonds is 8. The van der Waals surface area contributed by atoms with E-state index in [-0.39, 0.29) is 24.2 Å². The molecule has 0 heterocycles. The molecule has 3 aromatic rings. The molecule has 160 valence electrons. The van der Waals surface area contributed by atoms with Gasteiger partial charge in [-0.15, -0.1) is 0 Å². The maximum Gasteiger partial charge on any atom is 0.242 e. The molecule has 3 rings (SSSR count). The van der Waals surface area contributed by atoms with Gasteiger partial charge in [-0.3, -0.25) is 9.59 Å². The van der Waals surface area contributed by atoms with Crippen LogP contribution < -0.4 is 5.32 Å². The molecule has 0 aromatic heterocycles. The van der Waals surface area contributed by atoms with Crippen LogP contribution >= 0.6 is 11.6 Å². The SMILES string of the molecule is CNC(=O)C(C)N(Cc1ccc(Cl)cc1)C(=O)CC(c1ccccc1)c1ccccc1. The van der Waals surface area contributed by atoms with Crippen molar-refractivity contribution >= 4 is 23.4 Å². The first kappa shape index (κ1) is 22.6. The summed E-state index contributed by atoms with van der Waals surface area (Å²) in [5.41, 5.74) is 3.06. The Morgan fingerprint density at radius 3 is 1.87 bits per heavy atom. The Balaban J connectivity index is 1.90. The average Bonchev–Trinajstić information content (AvgIpc) is 2.82. The molecule has 0 aliphatic carbocycles. The van der Waals surface area contributed by atoms with E-state index in [0.717, 1.165) is 16.7 Å². The molecule has 1 unspecified atom stereocenters. The molecule has 2 amide bonds. The van der Waals surface area contributed by atoms with Gasteiger partial charge in [0, 0.05) is 31.0 Å². The fraction of sp³-hybridized carbons (Fsp3) is 0.231. The zero-order valence-electron chi connectivity index (χ0n) is 17.8. The Bertz CT molecular complexity index is 951. The Morgan fingerprint density at radius 2 is 1.39 bits per heavy atom. The number of halogens is 1. The molecule has 1 N–H and O–H groups in total. The normalized spacial score (nSPS) is 11.7. The molecule has 4 nitrogen and oxygen atoms in total. The summed E-state index contributed by atoms with van der Waals surface area (Å²) in [4.78, 5) is 27.6. The Hall–Kier alpha value is -3.11. The van der Waals surface area contributed by atoms with Crippen LogP contribution in [-0.2, 0) is 16.1 Å². The van der Waals surface area contributed by atoms with Crippen LogP contribution in [0.5, 0.6) is 0 Å². The highest BCUT2D eigenvalue weighted by atomic mass is 35.5. The monoisotopic (exact) mass is 434 g/mol. The third-order valence-electron chi connectivity index (χ3n) is 5.46. The number of hydrogen-bond donors (Lipinski definition) is 1. The molecular weight excluding hydrogens is 408 g/mol. The van der Waals surface area contributed by atoms with Gasteiger partial charge in [0.25, 0.3) is 0 Å². The van der Waals surface area contributed by atoms with Crippen molar-refractivity contribution < 1.29 is 9.59 Å². The molecule has 5 heteroatoms. The quantitative estimate of drug-likeness (QED) is 0.540. The van der Waals surface area contributed by atoms with Gasteiger partial charge >= 0.3 is 0 Å². The average molecular weight is 435 g/mol. The van der Waals surface area contributed by atoms with Gasteiger partial charge in [-0.05, 0) is 35.7 Å². The van der Waals surface area contributed by atoms with Gasteiger partial charge < -0.3 is 10.2 Å². The summed E-state index contributed by atoms with van der Waals surface area (Å²) in [7, 11) is 1.58. The molecular formula is C26H27ClN2O2. The number of amides is 2. The third kappa shape index (κ3) is 5.96. The van der Waals surface area contributed by atoms with Gasteiger partial charge in [0.15, 0.2) is 0 Å². The van der Waals surface area contributed by atoms with Gasteiger partial charge in [-0.1, -0.05) is 84.4 Å². The molecule has 0 bridgehead atoms. The molecule has 0 saturated carbocycles. The van der Waals surface area contributed by atoms with Crippen LogP contribution in [0.1, 0.15) is 36.0 Å². The van der Waals surface area contributed by atoms with Crippen molar-refractivity contribution in [2.24, 2.45) is 0 Å². The summed E-state index contributed by atoms with van der Waals surface area (Å²) in [6.07, 6.45) is 0.267. The number of carbonyl (C=O) groups excluding carboxylic acids is 2. The molecule has 0 aliphatic rings. The zero-order valence-corrected chi connectivity index (χ0v) is 18.5. The van der Waals surface area contributed by atoms with Gasteiger partial charge in [0.2, 0.25) is 11.8 Å². The van der Waals surface area contributed by atoms with Crippen LogP contribution in [0.25, 0.3) is 0 Å². The second-order valence-corrected chi connectivity index (χ2v) is 7.95. The summed E-state index contributed by atoms with van der Waals surface area (Å²) >= 11 is 6.01. The highest BCUT2D eigenvalue weighted by Crippen LogP contribution is 2.29. The highest BCUT2D eigenvalue weighted by molar-refractivity contribution is 6.30. The minimum absolute atomic E-state index is 0.0799. The first-order valence-electron chi connectivity index (χ1n) is 10.3. The fourth-order valence-corrected chi connectivity index (χ4v) is 3.79. The molecule has 0 radical (unpaired) electrons. The summed E-state index contributed by atoms with van der Waals surface area (Å²) in [6.45, 7) is 2.09. The topological polar surface area (TPSA) is 49.4 Å². The Labute approximate surface area is 188 Å². The number of benzene rings is 3. The second-order valence-electron chi connectivity index (χ2n) is 7.52. The molecule has 31 heavy (non-hydrogen) atoms. The lowest BCUT2D eigenvalue weighted by atomic mass is 9.88. The number of carbonyl (C=O) groups is 2. The van der Waals surface area contributed by atoms with Gasteiger partial charge in [0.1, 0.15) is 6.04 Å². The van der Waals surface area contributed by atoms with Crippen molar-refractivity contribution in [1.82, 2.24) is 10.2 Å². The van der Waals surface area contributed by atoms with E-state index in [1.807, 2.05) is 72.8 Å². The molecule has 3 aromatic carbocycles. The van der Waals surface area contributed by atoms with Crippen LogP contribution in [0.3, 0.4) is 0 Å². The van der Waals surface area contributed by atoms with Crippen molar-refractivity contribution in [3.8, 4) is 0 Å². The van der Waals surface area contributed by atoms with Crippen molar-refractivity contribution in [3.05, 3.63) is 107 Å². The van der Waals surface area contributed by atoms with E-state index in [9.17, 15) is 9.59 Å². The van der Waals surface area contributed by atoms with Crippen LogP contribution in [0.15, 0.2) is 84.9 Å². The number of likely N-dealkylation sites (N-methyl/N-ethyl adjacent to an activating group) is 1. The summed E-state index contributed by atoms with van der Waals surface area (Å²) < 4.78 is 0. The maximum atomic E-state index is 13.6. The summed E-state index contributed by atoms with van der Waals surface area (Å²) in [5.74, 6) is -0.374. The standard InChI is InChI=1S/C26H27ClN2O2/c1-19(26(31)28-2)29(18-20-13-15-23(27)16-14-20)25(30)17-24(21-9-5-3-6-10-21)22-11-7-4-8-12-22/h3-16,19,24H,17-18H2,1-2H3,(H,28,31). The molecule has 0 aliphatic heterocycles. The lowest BCUT2D eigenvalue weighted by molar-refractivity contribution is -0.140. The van der Waals surface area contributed by atoms with Crippen LogP contribution in [0.4, 0.5) is 0 Å². The van der Waals surface area contributed by atoms with Crippen LogP contribution in [0.2, 0.25) is 5.02 Å². The number of nitrogens with one attached hydrogen (secondary N) is 1. The van der Waals surface area contributed by atoms with Crippen molar-refractivity contribution in [2.75, 3.05) is 7.05 Å². The van der Waals surface area contributed by atoms with E-state index in [1.54, 1.807) is 31.0 Å². The van der Waals surface area contributed by atoms with E-state index >= 15 is 0 Å². The van der Waals surface area contributed by atoms with Gasteiger partial charge in [-0.25, -0.2) is 0 Å². The largest absolute Gasteiger partial charge is 0.357 e. The first-order valence-corrected chi connectivity index (χ1v) is 10.7. The fourth-order valence-electron chi connectivity index (χ4n) is 3.67. The first-order chi connectivity index (χ1) is 15.0. The van der Waals surface area contributed by atoms with E-state index in [0.29, 0.717) is 11.6 Å². The molecule has 0 fully saturated rings. The third-order valence-corrected chi connectivity index (χ3v) is 5.71. The maximum absolute atomic E-state index is 13.6. The zero-order chi connectivity index (χ0) is 22.2. The Morgan fingerprint density at radius 1 is 0.871 bits per heavy atom. The Kier molecular flexibility index (Phi) is 7.85. The second kappa shape index (κ2) is 10.8. The van der Waals surface area contributed by atoms with Crippen molar-refractivity contribution in [1.29, 1.82) is 0 Å². The molecule has 1 atom stereocenters. The minimum Gasteiger partial charge on any atom is -0.357 e. The lowest BCUT2D eigenvalue weighted by Gasteiger charge is -2.30. The van der Waals surface area contributed by atoms with Crippen LogP contribution in [-0.4, -0.2) is 29.8 Å². The summed E-state index contributed by atoms with van der Waals surface area (Å²) in [5, 5.41) is 3.29. The van der Waals surface area contributed by atoms with E-state index in [2.05, 4.69) is 5.32 Å². The highest BCUT2D eigenvalue weighted by Gasteiger charge is 2.28. The van der Waals surface area contributed by atoms with E-state index in [4.69, 9.17) is 11.6 Å². The predicted molar refractivity (Wildman–Crippen MR) is 125 cm³/mol. The van der Waals surface area contributed by atoms with Gasteiger partial charge in [-0.2, -0.15) is 0 Å². The predicted octanol–water partition coefficient (Wildman–Crippen LogP) is 5.03. The van der Waals surface area contributed by atoms with E-state index in [1.165, 1.54) is 0 Å².